The molecule has 0 unspecified atom stereocenters. The minimum Gasteiger partial charge on any atom is -0.321 e. The second-order valence-corrected chi connectivity index (χ2v) is 9.63. The SMILES string of the molecule is Cc1ccccc1C[C@@H]1S/C(=C(/C#N)C(=O)Nc2ccc(Cl)c(Cl)c2)N(c2ccccc2)C1=O. The number of rotatable bonds is 5. The van der Waals surface area contributed by atoms with Crippen molar-refractivity contribution in [2.45, 2.75) is 18.6 Å². The third-order valence-corrected chi connectivity index (χ3v) is 7.37. The van der Waals surface area contributed by atoms with Crippen molar-refractivity contribution in [3.05, 3.63) is 105 Å². The Labute approximate surface area is 212 Å². The Morgan fingerprint density at radius 2 is 1.76 bits per heavy atom. The maximum Gasteiger partial charge on any atom is 0.269 e. The average Bonchev–Trinajstić information content (AvgIpc) is 3.14. The molecule has 0 spiro atoms. The highest BCUT2D eigenvalue weighted by Gasteiger charge is 2.40. The van der Waals surface area contributed by atoms with Gasteiger partial charge in [0, 0.05) is 11.4 Å². The number of hydrogen-bond acceptors (Lipinski definition) is 4. The molecular weight excluding hydrogens is 489 g/mol. The van der Waals surface area contributed by atoms with E-state index < -0.39 is 11.2 Å². The maximum atomic E-state index is 13.5. The zero-order valence-corrected chi connectivity index (χ0v) is 20.4. The second kappa shape index (κ2) is 10.4. The van der Waals surface area contributed by atoms with E-state index in [1.807, 2.05) is 43.3 Å². The highest BCUT2D eigenvalue weighted by Crippen LogP contribution is 2.42. The van der Waals surface area contributed by atoms with Gasteiger partial charge >= 0.3 is 0 Å². The molecule has 0 bridgehead atoms. The summed E-state index contributed by atoms with van der Waals surface area (Å²) in [6, 6.07) is 23.5. The van der Waals surface area contributed by atoms with Crippen LogP contribution in [0.1, 0.15) is 11.1 Å². The molecule has 3 aromatic carbocycles. The minimum absolute atomic E-state index is 0.152. The summed E-state index contributed by atoms with van der Waals surface area (Å²) in [6.45, 7) is 2.00. The summed E-state index contributed by atoms with van der Waals surface area (Å²) in [7, 11) is 0. The van der Waals surface area contributed by atoms with Gasteiger partial charge in [0.2, 0.25) is 5.91 Å². The molecule has 2 amide bonds. The topological polar surface area (TPSA) is 73.2 Å². The smallest absolute Gasteiger partial charge is 0.269 e. The Balaban J connectivity index is 1.72. The second-order valence-electron chi connectivity index (χ2n) is 7.62. The van der Waals surface area contributed by atoms with Crippen molar-refractivity contribution < 1.29 is 9.59 Å². The number of para-hydroxylation sites is 1. The number of benzene rings is 3. The Morgan fingerprint density at radius 3 is 2.44 bits per heavy atom. The van der Waals surface area contributed by atoms with Crippen LogP contribution in [-0.2, 0) is 16.0 Å². The number of aryl methyl sites for hydroxylation is 1. The number of carbonyl (C=O) groups excluding carboxylic acids is 2. The van der Waals surface area contributed by atoms with Crippen molar-refractivity contribution in [2.75, 3.05) is 10.2 Å². The van der Waals surface area contributed by atoms with E-state index in [0.717, 1.165) is 11.1 Å². The predicted octanol–water partition coefficient (Wildman–Crippen LogP) is 6.37. The number of nitrogens with zero attached hydrogens (tertiary/aromatic N) is 2. The number of carbonyl (C=O) groups is 2. The van der Waals surface area contributed by atoms with Crippen molar-refractivity contribution in [2.24, 2.45) is 0 Å². The molecule has 1 heterocycles. The normalized spacial score (nSPS) is 16.8. The summed E-state index contributed by atoms with van der Waals surface area (Å²) in [5.74, 6) is -0.807. The molecule has 0 saturated carbocycles. The van der Waals surface area contributed by atoms with Gasteiger partial charge in [-0.1, -0.05) is 77.4 Å². The fraction of sp³-hybridized carbons (Fsp3) is 0.115. The van der Waals surface area contributed by atoms with Crippen LogP contribution in [-0.4, -0.2) is 17.1 Å². The molecule has 1 aliphatic rings. The Hall–Kier alpha value is -3.24. The van der Waals surface area contributed by atoms with Crippen LogP contribution in [0.3, 0.4) is 0 Å². The molecule has 170 valence electrons. The van der Waals surface area contributed by atoms with Gasteiger partial charge in [-0.2, -0.15) is 5.26 Å². The lowest BCUT2D eigenvalue weighted by Crippen LogP contribution is -2.31. The first-order valence-corrected chi connectivity index (χ1v) is 12.0. The maximum absolute atomic E-state index is 13.5. The van der Waals surface area contributed by atoms with E-state index >= 15 is 0 Å². The molecule has 5 nitrogen and oxygen atoms in total. The molecule has 4 rings (SSSR count). The van der Waals surface area contributed by atoms with Crippen molar-refractivity contribution in [3.63, 3.8) is 0 Å². The largest absolute Gasteiger partial charge is 0.321 e. The molecule has 1 fully saturated rings. The fourth-order valence-electron chi connectivity index (χ4n) is 3.61. The lowest BCUT2D eigenvalue weighted by molar-refractivity contribution is -0.117. The third kappa shape index (κ3) is 4.97. The summed E-state index contributed by atoms with van der Waals surface area (Å²) < 4.78 is 0. The fourth-order valence-corrected chi connectivity index (χ4v) is 5.20. The summed E-state index contributed by atoms with van der Waals surface area (Å²) in [4.78, 5) is 28.1. The molecule has 0 aromatic heterocycles. The van der Waals surface area contributed by atoms with Gasteiger partial charge in [-0.05, 0) is 54.8 Å². The lowest BCUT2D eigenvalue weighted by atomic mass is 10.0. The van der Waals surface area contributed by atoms with Gasteiger partial charge in [0.25, 0.3) is 5.91 Å². The molecule has 3 aromatic rings. The summed E-state index contributed by atoms with van der Waals surface area (Å²) >= 11 is 13.2. The molecule has 1 N–H and O–H groups in total. The van der Waals surface area contributed by atoms with Gasteiger partial charge in [0.05, 0.1) is 15.3 Å². The van der Waals surface area contributed by atoms with E-state index in [9.17, 15) is 14.9 Å². The van der Waals surface area contributed by atoms with Crippen molar-refractivity contribution >= 4 is 58.2 Å². The van der Waals surface area contributed by atoms with Crippen LogP contribution in [0.4, 0.5) is 11.4 Å². The van der Waals surface area contributed by atoms with Crippen LogP contribution in [0.5, 0.6) is 0 Å². The predicted molar refractivity (Wildman–Crippen MR) is 138 cm³/mol. The van der Waals surface area contributed by atoms with Crippen LogP contribution in [0.15, 0.2) is 83.4 Å². The quantitative estimate of drug-likeness (QED) is 0.321. The van der Waals surface area contributed by atoms with Gasteiger partial charge in [0.15, 0.2) is 0 Å². The minimum atomic E-state index is -0.631. The van der Waals surface area contributed by atoms with E-state index in [-0.39, 0.29) is 16.5 Å². The van der Waals surface area contributed by atoms with Gasteiger partial charge in [0.1, 0.15) is 16.7 Å². The molecule has 1 atom stereocenters. The number of nitriles is 1. The van der Waals surface area contributed by atoms with Gasteiger partial charge in [-0.25, -0.2) is 0 Å². The van der Waals surface area contributed by atoms with Gasteiger partial charge in [-0.3, -0.25) is 14.5 Å². The first-order valence-electron chi connectivity index (χ1n) is 10.4. The Bertz CT molecular complexity index is 1340. The van der Waals surface area contributed by atoms with Crippen LogP contribution in [0.25, 0.3) is 0 Å². The van der Waals surface area contributed by atoms with Crippen molar-refractivity contribution in [1.29, 1.82) is 5.26 Å². The van der Waals surface area contributed by atoms with Gasteiger partial charge < -0.3 is 5.32 Å². The molecule has 8 heteroatoms. The summed E-state index contributed by atoms with van der Waals surface area (Å²) in [5, 5.41) is 13.1. The number of halogens is 2. The molecule has 34 heavy (non-hydrogen) atoms. The van der Waals surface area contributed by atoms with Gasteiger partial charge in [-0.15, -0.1) is 0 Å². The first kappa shape index (κ1) is 23.9. The van der Waals surface area contributed by atoms with E-state index in [4.69, 9.17) is 23.2 Å². The standard InChI is InChI=1S/C26H19Cl2N3O2S/c1-16-7-5-6-8-17(16)13-23-25(33)31(19-9-3-2-4-10-19)26(34-23)20(15-29)24(32)30-18-11-12-21(27)22(28)14-18/h2-12,14,23H,13H2,1H3,(H,30,32)/b26-20-/t23-/m0/s1. The summed E-state index contributed by atoms with van der Waals surface area (Å²) in [6.07, 6.45) is 0.482. The Kier molecular flexibility index (Phi) is 7.28. The molecule has 0 radical (unpaired) electrons. The monoisotopic (exact) mass is 507 g/mol. The van der Waals surface area contributed by atoms with Crippen molar-refractivity contribution in [1.82, 2.24) is 0 Å². The number of hydrogen-bond donors (Lipinski definition) is 1. The zero-order chi connectivity index (χ0) is 24.2. The van der Waals surface area contributed by atoms with E-state index in [1.165, 1.54) is 22.7 Å². The molecule has 1 saturated heterocycles. The highest BCUT2D eigenvalue weighted by atomic mass is 35.5. The molecule has 0 aliphatic carbocycles. The van der Waals surface area contributed by atoms with Crippen LogP contribution >= 0.6 is 35.0 Å². The number of thioether (sulfide) groups is 1. The zero-order valence-electron chi connectivity index (χ0n) is 18.1. The number of anilines is 2. The van der Waals surface area contributed by atoms with Crippen molar-refractivity contribution in [3.8, 4) is 6.07 Å². The number of amides is 2. The number of nitrogens with one attached hydrogen (secondary N) is 1. The highest BCUT2D eigenvalue weighted by molar-refractivity contribution is 8.05. The van der Waals surface area contributed by atoms with Crippen LogP contribution < -0.4 is 10.2 Å². The summed E-state index contributed by atoms with van der Waals surface area (Å²) in [5.41, 5.74) is 2.96. The van der Waals surface area contributed by atoms with E-state index in [0.29, 0.717) is 27.8 Å². The molecule has 1 aliphatic heterocycles. The van der Waals surface area contributed by atoms with E-state index in [2.05, 4.69) is 5.32 Å². The van der Waals surface area contributed by atoms with Crippen LogP contribution in [0.2, 0.25) is 10.0 Å². The third-order valence-electron chi connectivity index (χ3n) is 5.36. The lowest BCUT2D eigenvalue weighted by Gasteiger charge is -2.18. The first-order chi connectivity index (χ1) is 16.4. The molecular formula is C26H19Cl2N3O2S. The van der Waals surface area contributed by atoms with Crippen LogP contribution in [0, 0.1) is 18.3 Å². The average molecular weight is 508 g/mol. The van der Waals surface area contributed by atoms with E-state index in [1.54, 1.807) is 36.4 Å². The Morgan fingerprint density at radius 1 is 1.06 bits per heavy atom.